The molecule has 10 heteroatoms. The lowest BCUT2D eigenvalue weighted by Crippen LogP contribution is -2.85. The summed E-state index contributed by atoms with van der Waals surface area (Å²) in [6.45, 7) is 9.26. The smallest absolute Gasteiger partial charge is 0.310 e. The van der Waals surface area contributed by atoms with E-state index in [1.54, 1.807) is 0 Å². The fourth-order valence-electron chi connectivity index (χ4n) is 9.51. The Bertz CT molecular complexity index is 1310. The van der Waals surface area contributed by atoms with E-state index in [0.29, 0.717) is 56.1 Å². The van der Waals surface area contributed by atoms with Crippen molar-refractivity contribution in [2.75, 3.05) is 36.4 Å². The molecule has 42 heavy (non-hydrogen) atoms. The van der Waals surface area contributed by atoms with E-state index in [2.05, 4.69) is 11.5 Å². The second-order valence-corrected chi connectivity index (χ2v) is 14.2. The summed E-state index contributed by atoms with van der Waals surface area (Å²) in [7, 11) is 0. The average molecular weight is 621 g/mol. The van der Waals surface area contributed by atoms with Gasteiger partial charge in [0.25, 0.3) is 0 Å². The SMILES string of the molecule is C=C1C(=O)C23C(CCC1[C@H]2OC(=O)Cc1ccc(N(CCCl)CCCl)cc1)C12CO[C@@]3(O)[C@@H](O)[C@@H]1C(C)(C)CCC2=O. The Labute approximate surface area is 256 Å². The molecule has 4 aliphatic carbocycles. The summed E-state index contributed by atoms with van der Waals surface area (Å²) >= 11 is 11.9. The van der Waals surface area contributed by atoms with Crippen LogP contribution in [0.3, 0.4) is 0 Å². The van der Waals surface area contributed by atoms with Crippen LogP contribution < -0.4 is 4.90 Å². The summed E-state index contributed by atoms with van der Waals surface area (Å²) in [5, 5.41) is 24.1. The van der Waals surface area contributed by atoms with Crippen molar-refractivity contribution in [2.45, 2.75) is 63.9 Å². The summed E-state index contributed by atoms with van der Waals surface area (Å²) in [6.07, 6.45) is -0.817. The second kappa shape index (κ2) is 10.3. The van der Waals surface area contributed by atoms with Crippen LogP contribution in [0.4, 0.5) is 5.69 Å². The van der Waals surface area contributed by atoms with Crippen LogP contribution in [0.2, 0.25) is 0 Å². The molecular formula is C32H39Cl2NO7. The summed E-state index contributed by atoms with van der Waals surface area (Å²) in [6, 6.07) is 7.47. The predicted octanol–water partition coefficient (Wildman–Crippen LogP) is 3.66. The molecular weight excluding hydrogens is 581 g/mol. The lowest BCUT2D eigenvalue weighted by molar-refractivity contribution is -0.437. The van der Waals surface area contributed by atoms with Crippen LogP contribution in [0.5, 0.6) is 0 Å². The number of aliphatic hydroxyl groups is 2. The number of rotatable bonds is 8. The maximum atomic E-state index is 14.2. The van der Waals surface area contributed by atoms with Gasteiger partial charge in [-0.25, -0.2) is 0 Å². The third kappa shape index (κ3) is 3.81. The fourth-order valence-corrected chi connectivity index (χ4v) is 9.92. The zero-order valence-electron chi connectivity index (χ0n) is 24.1. The van der Waals surface area contributed by atoms with Crippen LogP contribution in [0.1, 0.15) is 45.1 Å². The Hall–Kier alpha value is -1.97. The van der Waals surface area contributed by atoms with E-state index in [1.165, 1.54) is 0 Å². The van der Waals surface area contributed by atoms with Gasteiger partial charge in [0.2, 0.25) is 5.79 Å². The first-order valence-corrected chi connectivity index (χ1v) is 15.9. The minimum atomic E-state index is -2.31. The molecule has 1 aromatic rings. The van der Waals surface area contributed by atoms with Crippen molar-refractivity contribution < 1.29 is 34.1 Å². The van der Waals surface area contributed by atoms with Crippen LogP contribution in [0, 0.1) is 34.0 Å². The number of carbonyl (C=O) groups excluding carboxylic acids is 3. The number of benzene rings is 1. The third-order valence-corrected chi connectivity index (χ3v) is 11.6. The predicted molar refractivity (Wildman–Crippen MR) is 157 cm³/mol. The van der Waals surface area contributed by atoms with Crippen LogP contribution >= 0.6 is 23.2 Å². The Morgan fingerprint density at radius 3 is 2.45 bits per heavy atom. The number of hydrogen-bond acceptors (Lipinski definition) is 8. The van der Waals surface area contributed by atoms with E-state index in [1.807, 2.05) is 38.1 Å². The molecule has 1 aromatic carbocycles. The standard InChI is InChI=1S/C32H39Cl2NO7/c1-18-21-8-9-22-30-17-41-32(40,27(39)25(30)29(2,3)11-10-23(30)36)31(22,26(18)38)28(21)42-24(37)16-19-4-6-20(7-5-19)35(14-12-33)15-13-34/h4-7,21-22,25,27-28,39-40H,1,8-17H2,2-3H3/t21?,22?,25-,27+,28-,30?,31?,32+/m1/s1. The number of nitrogens with zero attached hydrogens (tertiary/aromatic N) is 1. The molecule has 4 unspecified atom stereocenters. The molecule has 7 rings (SSSR count). The van der Waals surface area contributed by atoms with Crippen molar-refractivity contribution in [3.8, 4) is 0 Å². The molecule has 8 nitrogen and oxygen atoms in total. The topological polar surface area (TPSA) is 113 Å². The molecule has 0 amide bonds. The molecule has 0 radical (unpaired) electrons. The number of esters is 1. The number of halogens is 2. The number of aliphatic hydroxyl groups excluding tert-OH is 1. The number of ketones is 2. The quantitative estimate of drug-likeness (QED) is 0.257. The summed E-state index contributed by atoms with van der Waals surface area (Å²) in [4.78, 5) is 43.6. The highest BCUT2D eigenvalue weighted by Gasteiger charge is 2.88. The van der Waals surface area contributed by atoms with Gasteiger partial charge in [-0.1, -0.05) is 32.6 Å². The van der Waals surface area contributed by atoms with Gasteiger partial charge in [0.1, 0.15) is 23.4 Å². The van der Waals surface area contributed by atoms with Gasteiger partial charge in [-0.15, -0.1) is 23.2 Å². The number of Topliss-reactive ketones (excluding diaryl/α,β-unsaturated/α-hetero) is 2. The number of anilines is 1. The van der Waals surface area contributed by atoms with Gasteiger partial charge in [-0.05, 0) is 53.9 Å². The molecule has 6 aliphatic rings. The Morgan fingerprint density at radius 2 is 1.81 bits per heavy atom. The number of ether oxygens (including phenoxy) is 2. The van der Waals surface area contributed by atoms with Gasteiger partial charge in [-0.3, -0.25) is 14.4 Å². The maximum absolute atomic E-state index is 14.2. The first-order valence-electron chi connectivity index (χ1n) is 14.9. The molecule has 2 saturated heterocycles. The average Bonchev–Trinajstić information content (AvgIpc) is 3.06. The Kier molecular flexibility index (Phi) is 7.38. The van der Waals surface area contributed by atoms with Crippen LogP contribution in [-0.2, 0) is 30.3 Å². The minimum absolute atomic E-state index is 0.0525. The van der Waals surface area contributed by atoms with E-state index >= 15 is 0 Å². The zero-order valence-corrected chi connectivity index (χ0v) is 25.6. The van der Waals surface area contributed by atoms with Crippen LogP contribution in [0.25, 0.3) is 0 Å². The Morgan fingerprint density at radius 1 is 1.14 bits per heavy atom. The van der Waals surface area contributed by atoms with Gasteiger partial charge in [0, 0.05) is 48.8 Å². The van der Waals surface area contributed by atoms with Crippen LogP contribution in [-0.4, -0.2) is 77.2 Å². The summed E-state index contributed by atoms with van der Waals surface area (Å²) in [5.74, 6) is -4.25. The van der Waals surface area contributed by atoms with Crippen molar-refractivity contribution in [1.82, 2.24) is 0 Å². The molecule has 228 valence electrons. The van der Waals surface area contributed by atoms with E-state index in [-0.39, 0.29) is 24.4 Å². The highest BCUT2D eigenvalue weighted by Crippen LogP contribution is 2.76. The highest BCUT2D eigenvalue weighted by molar-refractivity contribution is 6.18. The molecule has 4 saturated carbocycles. The Balaban J connectivity index is 1.33. The van der Waals surface area contributed by atoms with E-state index in [9.17, 15) is 24.6 Å². The van der Waals surface area contributed by atoms with E-state index in [0.717, 1.165) is 5.69 Å². The first kappa shape index (κ1) is 30.1. The lowest BCUT2D eigenvalue weighted by Gasteiger charge is -2.72. The van der Waals surface area contributed by atoms with E-state index < -0.39 is 63.7 Å². The van der Waals surface area contributed by atoms with E-state index in [4.69, 9.17) is 32.7 Å². The molecule has 2 aliphatic heterocycles. The van der Waals surface area contributed by atoms with Crippen molar-refractivity contribution >= 4 is 46.4 Å². The van der Waals surface area contributed by atoms with Gasteiger partial charge in [0.05, 0.1) is 18.4 Å². The normalized spacial score (nSPS) is 39.6. The molecule has 2 heterocycles. The van der Waals surface area contributed by atoms with Crippen molar-refractivity contribution in [2.24, 2.45) is 34.0 Å². The molecule has 2 spiro atoms. The van der Waals surface area contributed by atoms with Crippen molar-refractivity contribution in [3.05, 3.63) is 42.0 Å². The molecule has 6 fully saturated rings. The van der Waals surface area contributed by atoms with Crippen molar-refractivity contribution in [3.63, 3.8) is 0 Å². The van der Waals surface area contributed by atoms with Gasteiger partial charge >= 0.3 is 5.97 Å². The molecule has 8 atom stereocenters. The van der Waals surface area contributed by atoms with Gasteiger partial charge in [0.15, 0.2) is 5.78 Å². The third-order valence-electron chi connectivity index (χ3n) is 11.2. The lowest BCUT2D eigenvalue weighted by atomic mass is 9.36. The highest BCUT2D eigenvalue weighted by atomic mass is 35.5. The largest absolute Gasteiger partial charge is 0.460 e. The first-order chi connectivity index (χ1) is 19.9. The summed E-state index contributed by atoms with van der Waals surface area (Å²) < 4.78 is 12.2. The summed E-state index contributed by atoms with van der Waals surface area (Å²) in [5.41, 5.74) is -1.52. The number of fused-ring (bicyclic) bond motifs is 2. The molecule has 2 N–H and O–H groups in total. The molecule has 0 aromatic heterocycles. The van der Waals surface area contributed by atoms with Gasteiger partial charge < -0.3 is 24.6 Å². The number of alkyl halides is 2. The van der Waals surface area contributed by atoms with Crippen LogP contribution in [0.15, 0.2) is 36.4 Å². The maximum Gasteiger partial charge on any atom is 0.310 e. The van der Waals surface area contributed by atoms with Gasteiger partial charge in [-0.2, -0.15) is 0 Å². The zero-order chi connectivity index (χ0) is 30.2. The minimum Gasteiger partial charge on any atom is -0.460 e. The monoisotopic (exact) mass is 619 g/mol. The fraction of sp³-hybridized carbons (Fsp3) is 0.656. The number of hydrogen-bond donors (Lipinski definition) is 2. The number of carbonyl (C=O) groups is 3. The molecule has 4 bridgehead atoms. The van der Waals surface area contributed by atoms with Crippen molar-refractivity contribution in [1.29, 1.82) is 0 Å². The second-order valence-electron chi connectivity index (χ2n) is 13.4.